The highest BCUT2D eigenvalue weighted by atomic mass is 16.5. The van der Waals surface area contributed by atoms with Crippen LogP contribution >= 0.6 is 0 Å². The van der Waals surface area contributed by atoms with Crippen molar-refractivity contribution in [1.82, 2.24) is 19.8 Å². The standard InChI is InChI=1S/C30H29N5O4/c1-34-12-14-35(15-13-34)18-26-32-23-11-9-21(17-25(23)39-26)31-28(19-6-4-3-5-7-19)27-22-10-8-20(30(37)38-2)16-24(22)33-29(27)36/h3-11,16-17,33,36H,12-15,18H2,1-2H3. The normalized spacial score (nSPS) is 15.3. The molecule has 1 aliphatic rings. The lowest BCUT2D eigenvalue weighted by molar-refractivity contribution is 0.0601. The number of ether oxygens (including phenoxy) is 1. The van der Waals surface area contributed by atoms with Crippen LogP contribution in [-0.4, -0.2) is 76.9 Å². The number of hydrogen-bond donors (Lipinski definition) is 2. The largest absolute Gasteiger partial charge is 0.494 e. The average Bonchev–Trinajstić information content (AvgIpc) is 3.51. The fourth-order valence-corrected chi connectivity index (χ4v) is 4.95. The van der Waals surface area contributed by atoms with Crippen LogP contribution in [0.5, 0.6) is 5.88 Å². The Balaban J connectivity index is 1.39. The number of methoxy groups -OCH3 is 1. The summed E-state index contributed by atoms with van der Waals surface area (Å²) in [5, 5.41) is 11.7. The molecule has 1 aliphatic heterocycles. The van der Waals surface area contributed by atoms with E-state index in [-0.39, 0.29) is 5.88 Å². The number of fused-ring (bicyclic) bond motifs is 2. The molecule has 0 bridgehead atoms. The summed E-state index contributed by atoms with van der Waals surface area (Å²) < 4.78 is 11.0. The third-order valence-corrected chi connectivity index (χ3v) is 7.10. The number of aliphatic imine (C=N–C) groups is 1. The smallest absolute Gasteiger partial charge is 0.337 e. The van der Waals surface area contributed by atoms with E-state index in [1.165, 1.54) is 7.11 Å². The molecule has 3 heterocycles. The molecular weight excluding hydrogens is 494 g/mol. The molecule has 0 aliphatic carbocycles. The molecule has 3 aromatic carbocycles. The van der Waals surface area contributed by atoms with Crippen LogP contribution in [0.1, 0.15) is 27.4 Å². The Kier molecular flexibility index (Phi) is 6.60. The van der Waals surface area contributed by atoms with Gasteiger partial charge in [0.1, 0.15) is 5.52 Å². The minimum Gasteiger partial charge on any atom is -0.494 e. The molecule has 198 valence electrons. The van der Waals surface area contributed by atoms with Crippen LogP contribution in [0.2, 0.25) is 0 Å². The van der Waals surface area contributed by atoms with Crippen molar-refractivity contribution in [2.24, 2.45) is 4.99 Å². The van der Waals surface area contributed by atoms with Gasteiger partial charge in [-0.25, -0.2) is 14.8 Å². The van der Waals surface area contributed by atoms with Crippen LogP contribution in [0.4, 0.5) is 5.69 Å². The van der Waals surface area contributed by atoms with Gasteiger partial charge in [0.05, 0.1) is 36.2 Å². The molecule has 1 saturated heterocycles. The Hall–Kier alpha value is -4.47. The second-order valence-electron chi connectivity index (χ2n) is 9.77. The first-order valence-electron chi connectivity index (χ1n) is 12.9. The van der Waals surface area contributed by atoms with Crippen molar-refractivity contribution >= 4 is 39.4 Å². The molecular formula is C30H29N5O4. The number of hydrogen-bond acceptors (Lipinski definition) is 8. The second kappa shape index (κ2) is 10.4. The number of carbonyl (C=O) groups is 1. The minimum atomic E-state index is -0.447. The molecule has 0 spiro atoms. The van der Waals surface area contributed by atoms with E-state index >= 15 is 0 Å². The summed E-state index contributed by atoms with van der Waals surface area (Å²) >= 11 is 0. The van der Waals surface area contributed by atoms with Crippen molar-refractivity contribution in [3.8, 4) is 5.88 Å². The predicted molar refractivity (Wildman–Crippen MR) is 150 cm³/mol. The van der Waals surface area contributed by atoms with Crippen molar-refractivity contribution in [2.45, 2.75) is 6.54 Å². The summed E-state index contributed by atoms with van der Waals surface area (Å²) in [6.45, 7) is 4.71. The number of likely N-dealkylation sites (N-methyl/N-ethyl adjacent to an activating group) is 1. The van der Waals surface area contributed by atoms with Crippen molar-refractivity contribution in [3.05, 3.63) is 89.3 Å². The zero-order chi connectivity index (χ0) is 26.9. The van der Waals surface area contributed by atoms with Gasteiger partial charge in [-0.05, 0) is 31.3 Å². The number of piperazine rings is 1. The molecule has 0 unspecified atom stereocenters. The summed E-state index contributed by atoms with van der Waals surface area (Å²) in [5.74, 6) is 0.205. The fourth-order valence-electron chi connectivity index (χ4n) is 4.95. The van der Waals surface area contributed by atoms with Crippen molar-refractivity contribution in [3.63, 3.8) is 0 Å². The lowest BCUT2D eigenvalue weighted by Crippen LogP contribution is -2.43. The molecule has 39 heavy (non-hydrogen) atoms. The first-order valence-corrected chi connectivity index (χ1v) is 12.9. The van der Waals surface area contributed by atoms with Gasteiger partial charge < -0.3 is 24.1 Å². The third-order valence-electron chi connectivity index (χ3n) is 7.10. The highest BCUT2D eigenvalue weighted by Gasteiger charge is 2.21. The van der Waals surface area contributed by atoms with E-state index in [9.17, 15) is 9.90 Å². The number of aromatic nitrogens is 2. The minimum absolute atomic E-state index is 0.0372. The monoisotopic (exact) mass is 523 g/mol. The van der Waals surface area contributed by atoms with Crippen LogP contribution in [0, 0.1) is 0 Å². The first kappa shape index (κ1) is 24.8. The van der Waals surface area contributed by atoms with Crippen molar-refractivity contribution in [2.75, 3.05) is 40.3 Å². The molecule has 1 fully saturated rings. The van der Waals surface area contributed by atoms with Gasteiger partial charge in [-0.2, -0.15) is 0 Å². The number of rotatable bonds is 6. The van der Waals surface area contributed by atoms with Crippen LogP contribution in [-0.2, 0) is 11.3 Å². The summed E-state index contributed by atoms with van der Waals surface area (Å²) in [7, 11) is 3.48. The van der Waals surface area contributed by atoms with Gasteiger partial charge in [0, 0.05) is 48.7 Å². The number of nitrogens with zero attached hydrogens (tertiary/aromatic N) is 4. The molecule has 6 rings (SSSR count). The molecule has 9 nitrogen and oxygen atoms in total. The number of esters is 1. The van der Waals surface area contributed by atoms with Crippen molar-refractivity contribution in [1.29, 1.82) is 0 Å². The quantitative estimate of drug-likeness (QED) is 0.245. The van der Waals surface area contributed by atoms with E-state index in [0.29, 0.717) is 46.1 Å². The maximum absolute atomic E-state index is 12.0. The topological polar surface area (TPSA) is 107 Å². The lowest BCUT2D eigenvalue weighted by Gasteiger charge is -2.31. The Bertz CT molecular complexity index is 1680. The molecule has 2 aromatic heterocycles. The van der Waals surface area contributed by atoms with Gasteiger partial charge in [0.15, 0.2) is 11.5 Å². The predicted octanol–water partition coefficient (Wildman–Crippen LogP) is 4.72. The van der Waals surface area contributed by atoms with Crippen LogP contribution in [0.25, 0.3) is 22.0 Å². The Morgan fingerprint density at radius 3 is 2.62 bits per heavy atom. The average molecular weight is 524 g/mol. The van der Waals surface area contributed by atoms with E-state index in [4.69, 9.17) is 14.1 Å². The number of H-pyrrole nitrogens is 1. The second-order valence-corrected chi connectivity index (χ2v) is 9.77. The van der Waals surface area contributed by atoms with E-state index in [2.05, 4.69) is 26.8 Å². The van der Waals surface area contributed by atoms with Gasteiger partial charge in [-0.3, -0.25) is 4.90 Å². The third kappa shape index (κ3) is 5.01. The Morgan fingerprint density at radius 1 is 1.05 bits per heavy atom. The molecule has 0 atom stereocenters. The van der Waals surface area contributed by atoms with Gasteiger partial charge in [0.25, 0.3) is 0 Å². The van der Waals surface area contributed by atoms with Gasteiger partial charge in [-0.15, -0.1) is 0 Å². The molecule has 5 aromatic rings. The van der Waals surface area contributed by atoms with Crippen LogP contribution in [0.15, 0.2) is 76.1 Å². The number of aromatic amines is 1. The number of benzene rings is 3. The van der Waals surface area contributed by atoms with Crippen LogP contribution < -0.4 is 0 Å². The Morgan fingerprint density at radius 2 is 1.85 bits per heavy atom. The molecule has 9 heteroatoms. The van der Waals surface area contributed by atoms with E-state index < -0.39 is 5.97 Å². The summed E-state index contributed by atoms with van der Waals surface area (Å²) in [6.07, 6.45) is 0. The van der Waals surface area contributed by atoms with Crippen molar-refractivity contribution < 1.29 is 19.1 Å². The van der Waals surface area contributed by atoms with E-state index in [1.54, 1.807) is 18.2 Å². The molecule has 0 amide bonds. The van der Waals surface area contributed by atoms with Gasteiger partial charge in [0.2, 0.25) is 5.89 Å². The number of carbonyl (C=O) groups excluding carboxylic acids is 1. The van der Waals surface area contributed by atoms with E-state index in [1.807, 2.05) is 48.5 Å². The molecule has 0 saturated carbocycles. The lowest BCUT2D eigenvalue weighted by atomic mass is 10.00. The highest BCUT2D eigenvalue weighted by Crippen LogP contribution is 2.33. The summed E-state index contributed by atoms with van der Waals surface area (Å²) in [6, 6.07) is 20.5. The Labute approximate surface area is 225 Å². The summed E-state index contributed by atoms with van der Waals surface area (Å²) in [4.78, 5) is 29.4. The maximum Gasteiger partial charge on any atom is 0.337 e. The van der Waals surface area contributed by atoms with Gasteiger partial charge >= 0.3 is 5.97 Å². The van der Waals surface area contributed by atoms with Gasteiger partial charge in [-0.1, -0.05) is 36.4 Å². The maximum atomic E-state index is 12.0. The van der Waals surface area contributed by atoms with E-state index in [0.717, 1.165) is 42.6 Å². The molecule has 0 radical (unpaired) electrons. The first-order chi connectivity index (χ1) is 19.0. The summed E-state index contributed by atoms with van der Waals surface area (Å²) in [5.41, 5.74) is 5.07. The number of oxazole rings is 1. The SMILES string of the molecule is COC(=O)c1ccc2c(C(=Nc3ccc4nc(CN5CCN(C)CC5)oc4c3)c3ccccc3)c(O)[nH]c2c1. The highest BCUT2D eigenvalue weighted by molar-refractivity contribution is 6.22. The number of nitrogens with one attached hydrogen (secondary N) is 1. The zero-order valence-electron chi connectivity index (χ0n) is 21.8. The fraction of sp³-hybridized carbons (Fsp3) is 0.233. The zero-order valence-corrected chi connectivity index (χ0v) is 21.8. The number of aromatic hydroxyl groups is 1. The van der Waals surface area contributed by atoms with Crippen LogP contribution in [0.3, 0.4) is 0 Å². The molecule has 2 N–H and O–H groups in total.